The second-order valence-corrected chi connectivity index (χ2v) is 6.67. The van der Waals surface area contributed by atoms with E-state index in [0.29, 0.717) is 16.5 Å². The van der Waals surface area contributed by atoms with E-state index in [0.717, 1.165) is 17.9 Å². The highest BCUT2D eigenvalue weighted by Crippen LogP contribution is 2.32. The molecule has 0 unspecified atom stereocenters. The predicted molar refractivity (Wildman–Crippen MR) is 89.0 cm³/mol. The third-order valence-electron chi connectivity index (χ3n) is 4.86. The second kappa shape index (κ2) is 5.58. The van der Waals surface area contributed by atoms with E-state index in [2.05, 4.69) is 4.57 Å². The zero-order chi connectivity index (χ0) is 17.7. The molecular formula is C19H18N2O4. The molecule has 0 radical (unpaired) electrons. The Morgan fingerprint density at radius 1 is 1.12 bits per heavy atom. The van der Waals surface area contributed by atoms with Gasteiger partial charge in [-0.3, -0.25) is 9.59 Å². The molecule has 2 amide bonds. The maximum atomic E-state index is 12.5. The summed E-state index contributed by atoms with van der Waals surface area (Å²) in [7, 11) is 0. The molecule has 0 atom stereocenters. The summed E-state index contributed by atoms with van der Waals surface area (Å²) in [6.45, 7) is 4.68. The molecular weight excluding hydrogens is 320 g/mol. The van der Waals surface area contributed by atoms with E-state index < -0.39 is 17.8 Å². The lowest BCUT2D eigenvalue weighted by molar-refractivity contribution is -0.0585. The molecule has 2 heterocycles. The van der Waals surface area contributed by atoms with Crippen molar-refractivity contribution in [2.24, 2.45) is 5.92 Å². The van der Waals surface area contributed by atoms with Crippen molar-refractivity contribution < 1.29 is 19.2 Å². The van der Waals surface area contributed by atoms with Gasteiger partial charge in [-0.05, 0) is 50.8 Å². The minimum atomic E-state index is -0.690. The first kappa shape index (κ1) is 15.6. The third kappa shape index (κ3) is 2.54. The molecule has 0 bridgehead atoms. The molecule has 4 rings (SSSR count). The highest BCUT2D eigenvalue weighted by Gasteiger charge is 2.39. The van der Waals surface area contributed by atoms with Crippen LogP contribution in [0.15, 0.2) is 30.3 Å². The number of nitrogens with zero attached hydrogens (tertiary/aromatic N) is 2. The number of benzene rings is 1. The minimum Gasteiger partial charge on any atom is -0.348 e. The average Bonchev–Trinajstić information content (AvgIpc) is 3.35. The number of fused-ring (bicyclic) bond motifs is 1. The summed E-state index contributed by atoms with van der Waals surface area (Å²) in [5.41, 5.74) is 2.65. The molecule has 1 aliphatic carbocycles. The van der Waals surface area contributed by atoms with Crippen LogP contribution in [0.25, 0.3) is 0 Å². The molecule has 1 aromatic carbocycles. The quantitative estimate of drug-likeness (QED) is 0.804. The molecule has 0 spiro atoms. The number of hydrogen-bond donors (Lipinski definition) is 0. The second-order valence-electron chi connectivity index (χ2n) is 6.67. The van der Waals surface area contributed by atoms with Crippen LogP contribution in [0.1, 0.15) is 55.3 Å². The molecule has 25 heavy (non-hydrogen) atoms. The monoisotopic (exact) mass is 338 g/mol. The standard InChI is InChI=1S/C19H18N2O4/c1-11-9-16(12(2)20(11)10-13-7-8-13)19(24)25-21-17(22)14-5-3-4-6-15(14)18(21)23/h3-6,9,13H,7-8,10H2,1-2H3. The first-order valence-electron chi connectivity index (χ1n) is 8.34. The van der Waals surface area contributed by atoms with Gasteiger partial charge in [-0.2, -0.15) is 0 Å². The number of carbonyl (C=O) groups excluding carboxylic acids is 3. The first-order valence-corrected chi connectivity index (χ1v) is 8.34. The number of carbonyl (C=O) groups is 3. The maximum absolute atomic E-state index is 12.5. The SMILES string of the molecule is Cc1cc(C(=O)ON2C(=O)c3ccccc3C2=O)c(C)n1CC1CC1. The summed E-state index contributed by atoms with van der Waals surface area (Å²) in [5.74, 6) is -1.24. The van der Waals surface area contributed by atoms with E-state index in [1.165, 1.54) is 12.8 Å². The lowest BCUT2D eigenvalue weighted by Gasteiger charge is -2.13. The van der Waals surface area contributed by atoms with E-state index in [9.17, 15) is 14.4 Å². The Morgan fingerprint density at radius 2 is 1.72 bits per heavy atom. The molecule has 1 saturated carbocycles. The minimum absolute atomic E-state index is 0.250. The number of hydroxylamine groups is 2. The van der Waals surface area contributed by atoms with Crippen molar-refractivity contribution in [1.82, 2.24) is 9.63 Å². The number of aryl methyl sites for hydroxylation is 1. The van der Waals surface area contributed by atoms with Crippen molar-refractivity contribution in [2.45, 2.75) is 33.2 Å². The molecule has 0 N–H and O–H groups in total. The molecule has 2 aromatic rings. The molecule has 1 aliphatic heterocycles. The summed E-state index contributed by atoms with van der Waals surface area (Å²) in [5, 5.41) is 0.556. The van der Waals surface area contributed by atoms with Crippen molar-refractivity contribution in [3.63, 3.8) is 0 Å². The van der Waals surface area contributed by atoms with Crippen LogP contribution in [0.2, 0.25) is 0 Å². The van der Waals surface area contributed by atoms with Crippen LogP contribution in [0.4, 0.5) is 0 Å². The Morgan fingerprint density at radius 3 is 2.28 bits per heavy atom. The van der Waals surface area contributed by atoms with E-state index >= 15 is 0 Å². The largest absolute Gasteiger partial charge is 0.365 e. The van der Waals surface area contributed by atoms with Gasteiger partial charge in [0.25, 0.3) is 11.8 Å². The molecule has 2 aliphatic rings. The lowest BCUT2D eigenvalue weighted by Crippen LogP contribution is -2.32. The summed E-state index contributed by atoms with van der Waals surface area (Å²) in [4.78, 5) is 42.3. The van der Waals surface area contributed by atoms with Gasteiger partial charge < -0.3 is 9.40 Å². The summed E-state index contributed by atoms with van der Waals surface area (Å²) in [6, 6.07) is 8.18. The fourth-order valence-corrected chi connectivity index (χ4v) is 3.23. The third-order valence-corrected chi connectivity index (χ3v) is 4.86. The molecule has 128 valence electrons. The van der Waals surface area contributed by atoms with Gasteiger partial charge >= 0.3 is 5.97 Å². The Balaban J connectivity index is 1.57. The fourth-order valence-electron chi connectivity index (χ4n) is 3.23. The Kier molecular flexibility index (Phi) is 3.49. The maximum Gasteiger partial charge on any atom is 0.365 e. The van der Waals surface area contributed by atoms with Crippen molar-refractivity contribution in [3.05, 3.63) is 58.4 Å². The lowest BCUT2D eigenvalue weighted by atomic mass is 10.1. The van der Waals surface area contributed by atoms with Gasteiger partial charge in [0.15, 0.2) is 0 Å². The fraction of sp³-hybridized carbons (Fsp3) is 0.316. The van der Waals surface area contributed by atoms with Crippen LogP contribution in [0, 0.1) is 19.8 Å². The van der Waals surface area contributed by atoms with Gasteiger partial charge in [-0.25, -0.2) is 4.79 Å². The molecule has 6 nitrogen and oxygen atoms in total. The van der Waals surface area contributed by atoms with E-state index in [1.807, 2.05) is 13.8 Å². The van der Waals surface area contributed by atoms with E-state index in [-0.39, 0.29) is 11.1 Å². The van der Waals surface area contributed by atoms with Crippen LogP contribution >= 0.6 is 0 Å². The van der Waals surface area contributed by atoms with Gasteiger partial charge in [0.05, 0.1) is 16.7 Å². The first-order chi connectivity index (χ1) is 12.0. The molecule has 6 heteroatoms. The van der Waals surface area contributed by atoms with Gasteiger partial charge in [0.1, 0.15) is 0 Å². The number of amides is 2. The molecule has 1 aromatic heterocycles. The van der Waals surface area contributed by atoms with Crippen molar-refractivity contribution >= 4 is 17.8 Å². The van der Waals surface area contributed by atoms with Crippen LogP contribution < -0.4 is 0 Å². The van der Waals surface area contributed by atoms with Gasteiger partial charge in [-0.1, -0.05) is 17.2 Å². The summed E-state index contributed by atoms with van der Waals surface area (Å²) in [6.07, 6.45) is 2.43. The van der Waals surface area contributed by atoms with Gasteiger partial charge in [-0.15, -0.1) is 0 Å². The zero-order valence-corrected chi connectivity index (χ0v) is 14.1. The average molecular weight is 338 g/mol. The Bertz CT molecular complexity index is 873. The van der Waals surface area contributed by atoms with Gasteiger partial charge in [0.2, 0.25) is 0 Å². The van der Waals surface area contributed by atoms with Crippen LogP contribution in [0.3, 0.4) is 0 Å². The number of rotatable bonds is 4. The van der Waals surface area contributed by atoms with E-state index in [1.54, 1.807) is 30.3 Å². The predicted octanol–water partition coefficient (Wildman–Crippen LogP) is 2.88. The smallest absolute Gasteiger partial charge is 0.348 e. The van der Waals surface area contributed by atoms with E-state index in [4.69, 9.17) is 4.84 Å². The van der Waals surface area contributed by atoms with Crippen LogP contribution in [0.5, 0.6) is 0 Å². The Labute approximate surface area is 144 Å². The molecule has 1 fully saturated rings. The summed E-state index contributed by atoms with van der Waals surface area (Å²) < 4.78 is 2.09. The van der Waals surface area contributed by atoms with Crippen molar-refractivity contribution in [1.29, 1.82) is 0 Å². The zero-order valence-electron chi connectivity index (χ0n) is 14.1. The van der Waals surface area contributed by atoms with Crippen LogP contribution in [-0.4, -0.2) is 27.4 Å². The highest BCUT2D eigenvalue weighted by atomic mass is 16.7. The van der Waals surface area contributed by atoms with Gasteiger partial charge in [0, 0.05) is 17.9 Å². The van der Waals surface area contributed by atoms with Crippen LogP contribution in [-0.2, 0) is 11.4 Å². The topological polar surface area (TPSA) is 68.6 Å². The number of aromatic nitrogens is 1. The number of imide groups is 1. The molecule has 0 saturated heterocycles. The highest BCUT2D eigenvalue weighted by molar-refractivity contribution is 6.21. The Hall–Kier alpha value is -2.89. The number of hydrogen-bond acceptors (Lipinski definition) is 4. The van der Waals surface area contributed by atoms with Crippen molar-refractivity contribution in [2.75, 3.05) is 0 Å². The van der Waals surface area contributed by atoms with Crippen molar-refractivity contribution in [3.8, 4) is 0 Å². The summed E-state index contributed by atoms with van der Waals surface area (Å²) >= 11 is 0. The normalized spacial score (nSPS) is 16.3.